The van der Waals surface area contributed by atoms with Gasteiger partial charge in [0.25, 0.3) is 0 Å². The van der Waals surface area contributed by atoms with Gasteiger partial charge in [0.2, 0.25) is 11.8 Å². The molecule has 2 atom stereocenters. The maximum Gasteiger partial charge on any atom is 0.328 e. The minimum absolute atomic E-state index is 0.0204. The number of hydrogen-bond donors (Lipinski definition) is 2. The smallest absolute Gasteiger partial charge is 0.328 e. The molecule has 1 saturated carbocycles. The predicted octanol–water partition coefficient (Wildman–Crippen LogP) is 3.83. The van der Waals surface area contributed by atoms with Crippen LogP contribution in [0.2, 0.25) is 0 Å². The highest BCUT2D eigenvalue weighted by molar-refractivity contribution is 5.91. The Morgan fingerprint density at radius 2 is 1.48 bits per heavy atom. The van der Waals surface area contributed by atoms with Crippen LogP contribution < -0.4 is 10.6 Å². The van der Waals surface area contributed by atoms with Gasteiger partial charge >= 0.3 is 5.97 Å². The Bertz CT molecular complexity index is 525. The van der Waals surface area contributed by atoms with Crippen molar-refractivity contribution in [3.63, 3.8) is 0 Å². The summed E-state index contributed by atoms with van der Waals surface area (Å²) in [6.45, 7) is 9.72. The summed E-state index contributed by atoms with van der Waals surface area (Å²) in [5.41, 5.74) is 0. The Labute approximate surface area is 176 Å². The SMILES string of the molecule is CCCCCC1CCC(C(=O)N[C@@H](C(=O)N[C@@H](C(=O)OC)C(C)C)C(C)C)CC1. The number of rotatable bonds is 11. The van der Waals surface area contributed by atoms with Gasteiger partial charge in [-0.05, 0) is 43.4 Å². The molecule has 0 aromatic heterocycles. The van der Waals surface area contributed by atoms with Crippen molar-refractivity contribution in [1.29, 1.82) is 0 Å². The first-order chi connectivity index (χ1) is 13.7. The average Bonchev–Trinajstić information content (AvgIpc) is 2.69. The summed E-state index contributed by atoms with van der Waals surface area (Å²) in [6.07, 6.45) is 9.06. The van der Waals surface area contributed by atoms with Crippen molar-refractivity contribution >= 4 is 17.8 Å². The highest BCUT2D eigenvalue weighted by atomic mass is 16.5. The van der Waals surface area contributed by atoms with Crippen molar-refractivity contribution in [3.05, 3.63) is 0 Å². The van der Waals surface area contributed by atoms with E-state index in [2.05, 4.69) is 17.6 Å². The van der Waals surface area contributed by atoms with Crippen LogP contribution in [0.5, 0.6) is 0 Å². The molecule has 0 aliphatic heterocycles. The summed E-state index contributed by atoms with van der Waals surface area (Å²) < 4.78 is 4.80. The van der Waals surface area contributed by atoms with E-state index in [4.69, 9.17) is 4.74 Å². The summed E-state index contributed by atoms with van der Waals surface area (Å²) in [4.78, 5) is 37.6. The van der Waals surface area contributed by atoms with Gasteiger partial charge in [0.1, 0.15) is 12.1 Å². The maximum absolute atomic E-state index is 12.8. The van der Waals surface area contributed by atoms with Crippen LogP contribution in [0.4, 0.5) is 0 Å². The normalized spacial score (nSPS) is 21.5. The molecule has 1 rings (SSSR count). The fraction of sp³-hybridized carbons (Fsp3) is 0.870. The largest absolute Gasteiger partial charge is 0.467 e. The van der Waals surface area contributed by atoms with Crippen LogP contribution >= 0.6 is 0 Å². The zero-order chi connectivity index (χ0) is 22.0. The summed E-state index contributed by atoms with van der Waals surface area (Å²) in [5, 5.41) is 5.72. The predicted molar refractivity (Wildman–Crippen MR) is 115 cm³/mol. The van der Waals surface area contributed by atoms with Gasteiger partial charge in [-0.2, -0.15) is 0 Å². The van der Waals surface area contributed by atoms with Gasteiger partial charge in [-0.1, -0.05) is 60.3 Å². The lowest BCUT2D eigenvalue weighted by atomic mass is 9.79. The molecule has 2 amide bonds. The van der Waals surface area contributed by atoms with Crippen LogP contribution in [0, 0.1) is 23.7 Å². The lowest BCUT2D eigenvalue weighted by Crippen LogP contribution is -2.56. The first-order valence-electron chi connectivity index (χ1n) is 11.4. The molecule has 1 aliphatic rings. The third-order valence-corrected chi connectivity index (χ3v) is 6.10. The quantitative estimate of drug-likeness (QED) is 0.400. The number of methoxy groups -OCH3 is 1. The fourth-order valence-electron chi connectivity index (χ4n) is 4.07. The molecule has 29 heavy (non-hydrogen) atoms. The summed E-state index contributed by atoms with van der Waals surface area (Å²) >= 11 is 0. The Kier molecular flexibility index (Phi) is 11.3. The third-order valence-electron chi connectivity index (χ3n) is 6.10. The zero-order valence-electron chi connectivity index (χ0n) is 19.3. The first kappa shape index (κ1) is 25.4. The van der Waals surface area contributed by atoms with Crippen LogP contribution in [0.25, 0.3) is 0 Å². The molecule has 1 fully saturated rings. The van der Waals surface area contributed by atoms with Crippen molar-refractivity contribution in [2.75, 3.05) is 7.11 Å². The highest BCUT2D eigenvalue weighted by Gasteiger charge is 2.33. The molecule has 0 spiro atoms. The summed E-state index contributed by atoms with van der Waals surface area (Å²) in [7, 11) is 1.31. The van der Waals surface area contributed by atoms with Gasteiger partial charge in [-0.15, -0.1) is 0 Å². The Hall–Kier alpha value is -1.59. The van der Waals surface area contributed by atoms with E-state index < -0.39 is 18.1 Å². The number of esters is 1. The Morgan fingerprint density at radius 3 is 1.97 bits per heavy atom. The summed E-state index contributed by atoms with van der Waals surface area (Å²) in [6, 6.07) is -1.38. The van der Waals surface area contributed by atoms with Crippen molar-refractivity contribution in [1.82, 2.24) is 10.6 Å². The molecular weight excluding hydrogens is 368 g/mol. The van der Waals surface area contributed by atoms with Crippen molar-refractivity contribution in [2.24, 2.45) is 23.7 Å². The molecule has 0 unspecified atom stereocenters. The third kappa shape index (κ3) is 8.35. The molecule has 0 saturated heterocycles. The van der Waals surface area contributed by atoms with E-state index in [0.717, 1.165) is 31.6 Å². The second-order valence-corrected chi connectivity index (χ2v) is 9.20. The van der Waals surface area contributed by atoms with Gasteiger partial charge in [-0.3, -0.25) is 9.59 Å². The number of carbonyl (C=O) groups excluding carboxylic acids is 3. The lowest BCUT2D eigenvalue weighted by Gasteiger charge is -2.30. The minimum atomic E-state index is -0.718. The van der Waals surface area contributed by atoms with E-state index >= 15 is 0 Å². The molecule has 1 aliphatic carbocycles. The second-order valence-electron chi connectivity index (χ2n) is 9.20. The van der Waals surface area contributed by atoms with Gasteiger partial charge < -0.3 is 15.4 Å². The molecule has 6 nitrogen and oxygen atoms in total. The maximum atomic E-state index is 12.8. The first-order valence-corrected chi connectivity index (χ1v) is 11.4. The van der Waals surface area contributed by atoms with Gasteiger partial charge in [0, 0.05) is 5.92 Å². The summed E-state index contributed by atoms with van der Waals surface area (Å²) in [5.74, 6) is -0.290. The molecule has 168 valence electrons. The topological polar surface area (TPSA) is 84.5 Å². The molecule has 0 radical (unpaired) electrons. The minimum Gasteiger partial charge on any atom is -0.467 e. The van der Waals surface area contributed by atoms with E-state index in [1.165, 1.54) is 32.8 Å². The Morgan fingerprint density at radius 1 is 0.897 bits per heavy atom. The highest BCUT2D eigenvalue weighted by Crippen LogP contribution is 2.32. The molecule has 0 heterocycles. The zero-order valence-corrected chi connectivity index (χ0v) is 19.3. The van der Waals surface area contributed by atoms with Crippen LogP contribution in [0.15, 0.2) is 0 Å². The van der Waals surface area contributed by atoms with Crippen molar-refractivity contribution < 1.29 is 19.1 Å². The van der Waals surface area contributed by atoms with Crippen LogP contribution in [-0.4, -0.2) is 37.0 Å². The number of hydrogen-bond acceptors (Lipinski definition) is 4. The fourth-order valence-corrected chi connectivity index (χ4v) is 4.07. The number of unbranched alkanes of at least 4 members (excludes halogenated alkanes) is 2. The number of carbonyl (C=O) groups is 3. The molecule has 6 heteroatoms. The van der Waals surface area contributed by atoms with E-state index in [1.807, 2.05) is 27.7 Å². The molecule has 0 bridgehead atoms. The van der Waals surface area contributed by atoms with E-state index in [9.17, 15) is 14.4 Å². The molecule has 0 aromatic carbocycles. The monoisotopic (exact) mass is 410 g/mol. The standard InChI is InChI=1S/C23H42N2O4/c1-7-8-9-10-17-11-13-18(14-12-17)21(26)24-19(15(2)3)22(27)25-20(16(4)5)23(28)29-6/h15-20H,7-14H2,1-6H3,(H,24,26)(H,25,27)/t17?,18?,19-,20-/m1/s1. The van der Waals surface area contributed by atoms with Crippen LogP contribution in [-0.2, 0) is 19.1 Å². The van der Waals surface area contributed by atoms with Crippen LogP contribution in [0.1, 0.15) is 86.0 Å². The number of nitrogens with one attached hydrogen (secondary N) is 2. The number of amides is 2. The molecule has 2 N–H and O–H groups in total. The van der Waals surface area contributed by atoms with E-state index in [1.54, 1.807) is 0 Å². The average molecular weight is 411 g/mol. The molecular formula is C23H42N2O4. The lowest BCUT2D eigenvalue weighted by molar-refractivity contribution is -0.147. The van der Waals surface area contributed by atoms with Gasteiger partial charge in [0.05, 0.1) is 7.11 Å². The van der Waals surface area contributed by atoms with E-state index in [-0.39, 0.29) is 29.6 Å². The Balaban J connectivity index is 2.61. The number of ether oxygens (including phenoxy) is 1. The van der Waals surface area contributed by atoms with Crippen molar-refractivity contribution in [2.45, 2.75) is 98.1 Å². The van der Waals surface area contributed by atoms with Gasteiger partial charge in [0.15, 0.2) is 0 Å². The second kappa shape index (κ2) is 12.9. The molecule has 0 aromatic rings. The van der Waals surface area contributed by atoms with Crippen LogP contribution in [0.3, 0.4) is 0 Å². The van der Waals surface area contributed by atoms with E-state index in [0.29, 0.717) is 0 Å². The van der Waals surface area contributed by atoms with Crippen molar-refractivity contribution in [3.8, 4) is 0 Å². The van der Waals surface area contributed by atoms with Gasteiger partial charge in [-0.25, -0.2) is 4.79 Å².